The van der Waals surface area contributed by atoms with Crippen LogP contribution in [-0.4, -0.2) is 31.5 Å². The van der Waals surface area contributed by atoms with E-state index in [0.717, 1.165) is 32.4 Å². The molecule has 0 unspecified atom stereocenters. The van der Waals surface area contributed by atoms with Gasteiger partial charge in [-0.2, -0.15) is 0 Å². The minimum absolute atomic E-state index is 0. The highest BCUT2D eigenvalue weighted by atomic mass is 35.5. The zero-order valence-electron chi connectivity index (χ0n) is 14.0. The highest BCUT2D eigenvalue weighted by molar-refractivity contribution is 6.03. The Labute approximate surface area is 148 Å². The molecule has 2 amide bonds. The Morgan fingerprint density at radius 2 is 2.04 bits per heavy atom. The maximum atomic E-state index is 12.1. The van der Waals surface area contributed by atoms with Gasteiger partial charge in [0.15, 0.2) is 0 Å². The van der Waals surface area contributed by atoms with Crippen molar-refractivity contribution in [3.63, 3.8) is 0 Å². The number of hydrogen-bond acceptors (Lipinski definition) is 4. The topological polar surface area (TPSA) is 93.4 Å². The molecule has 0 radical (unpaired) electrons. The van der Waals surface area contributed by atoms with Gasteiger partial charge < -0.3 is 21.1 Å². The maximum Gasteiger partial charge on any atom is 0.250 e. The molecule has 6 nitrogen and oxygen atoms in total. The number of rotatable bonds is 7. The van der Waals surface area contributed by atoms with Crippen molar-refractivity contribution < 1.29 is 14.3 Å². The van der Waals surface area contributed by atoms with Gasteiger partial charge in [-0.15, -0.1) is 12.4 Å². The summed E-state index contributed by atoms with van der Waals surface area (Å²) in [4.78, 5) is 23.7. The number of piperidine rings is 1. The molecule has 1 aliphatic heterocycles. The molecule has 0 bridgehead atoms. The molecule has 134 valence electrons. The number of halogens is 1. The van der Waals surface area contributed by atoms with E-state index in [2.05, 4.69) is 10.6 Å². The highest BCUT2D eigenvalue weighted by Crippen LogP contribution is 2.23. The van der Waals surface area contributed by atoms with Gasteiger partial charge in [0.05, 0.1) is 17.9 Å². The summed E-state index contributed by atoms with van der Waals surface area (Å²) in [5.74, 6) is 0.488. The Kier molecular flexibility index (Phi) is 8.57. The summed E-state index contributed by atoms with van der Waals surface area (Å²) >= 11 is 0. The number of hydrogen-bond donors (Lipinski definition) is 3. The molecule has 1 saturated heterocycles. The zero-order valence-corrected chi connectivity index (χ0v) is 14.8. The van der Waals surface area contributed by atoms with Gasteiger partial charge in [0.1, 0.15) is 5.75 Å². The van der Waals surface area contributed by atoms with E-state index >= 15 is 0 Å². The van der Waals surface area contributed by atoms with Gasteiger partial charge in [-0.05, 0) is 63.4 Å². The molecule has 4 N–H and O–H groups in total. The summed E-state index contributed by atoms with van der Waals surface area (Å²) in [6.07, 6.45) is 3.55. The van der Waals surface area contributed by atoms with E-state index in [1.807, 2.05) is 6.92 Å². The lowest BCUT2D eigenvalue weighted by Crippen LogP contribution is -2.28. The minimum atomic E-state index is -0.583. The predicted octanol–water partition coefficient (Wildman–Crippen LogP) is 2.32. The number of ether oxygens (including phenoxy) is 1. The number of amides is 2. The summed E-state index contributed by atoms with van der Waals surface area (Å²) in [6.45, 7) is 4.41. The largest absolute Gasteiger partial charge is 0.494 e. The maximum absolute atomic E-state index is 12.1. The average Bonchev–Trinajstić information content (AvgIpc) is 2.55. The van der Waals surface area contributed by atoms with E-state index in [9.17, 15) is 9.59 Å². The van der Waals surface area contributed by atoms with Crippen molar-refractivity contribution in [2.75, 3.05) is 25.0 Å². The van der Waals surface area contributed by atoms with Crippen molar-refractivity contribution in [3.05, 3.63) is 23.8 Å². The number of anilines is 1. The molecule has 0 aromatic heterocycles. The zero-order chi connectivity index (χ0) is 16.7. The lowest BCUT2D eigenvalue weighted by molar-refractivity contribution is -0.116. The van der Waals surface area contributed by atoms with Gasteiger partial charge in [-0.25, -0.2) is 0 Å². The van der Waals surface area contributed by atoms with Gasteiger partial charge in [-0.3, -0.25) is 9.59 Å². The van der Waals surface area contributed by atoms with Crippen molar-refractivity contribution in [2.45, 2.75) is 32.6 Å². The molecule has 1 heterocycles. The second-order valence-electron chi connectivity index (χ2n) is 5.78. The lowest BCUT2D eigenvalue weighted by atomic mass is 9.93. The Morgan fingerprint density at radius 1 is 1.33 bits per heavy atom. The smallest absolute Gasteiger partial charge is 0.250 e. The summed E-state index contributed by atoms with van der Waals surface area (Å²) < 4.78 is 5.36. The van der Waals surface area contributed by atoms with Gasteiger partial charge in [-0.1, -0.05) is 0 Å². The molecule has 24 heavy (non-hydrogen) atoms. The molecule has 0 saturated carbocycles. The van der Waals surface area contributed by atoms with E-state index in [-0.39, 0.29) is 23.9 Å². The molecule has 1 fully saturated rings. The number of nitrogens with two attached hydrogens (primary N) is 1. The predicted molar refractivity (Wildman–Crippen MR) is 96.8 cm³/mol. The third-order valence-electron chi connectivity index (χ3n) is 4.08. The first-order valence-electron chi connectivity index (χ1n) is 8.17. The lowest BCUT2D eigenvalue weighted by Gasteiger charge is -2.22. The summed E-state index contributed by atoms with van der Waals surface area (Å²) in [5, 5.41) is 6.10. The number of carbonyl (C=O) groups is 2. The third kappa shape index (κ3) is 6.02. The molecular weight excluding hydrogens is 330 g/mol. The monoisotopic (exact) mass is 355 g/mol. The molecule has 0 aliphatic carbocycles. The first-order valence-corrected chi connectivity index (χ1v) is 8.17. The van der Waals surface area contributed by atoms with Crippen LogP contribution >= 0.6 is 12.4 Å². The molecule has 0 atom stereocenters. The molecule has 0 spiro atoms. The third-order valence-corrected chi connectivity index (χ3v) is 4.08. The van der Waals surface area contributed by atoms with Crippen molar-refractivity contribution >= 4 is 29.9 Å². The fourth-order valence-corrected chi connectivity index (χ4v) is 2.81. The van der Waals surface area contributed by atoms with Crippen LogP contribution in [0.15, 0.2) is 18.2 Å². The molecule has 7 heteroatoms. The van der Waals surface area contributed by atoms with Crippen LogP contribution in [0.1, 0.15) is 43.0 Å². The summed E-state index contributed by atoms with van der Waals surface area (Å²) in [7, 11) is 0. The van der Waals surface area contributed by atoms with E-state index in [4.69, 9.17) is 10.5 Å². The molecule has 1 aromatic carbocycles. The SMILES string of the molecule is CCOc1ccc(NC(=O)CCC2CCNCC2)c(C(N)=O)c1.Cl. The fraction of sp³-hybridized carbons (Fsp3) is 0.529. The molecule has 1 aromatic rings. The van der Waals surface area contributed by atoms with Gasteiger partial charge >= 0.3 is 0 Å². The number of benzene rings is 1. The van der Waals surface area contributed by atoms with Crippen LogP contribution < -0.4 is 21.1 Å². The van der Waals surface area contributed by atoms with Crippen LogP contribution in [-0.2, 0) is 4.79 Å². The van der Waals surface area contributed by atoms with Crippen molar-refractivity contribution in [1.29, 1.82) is 0 Å². The van der Waals surface area contributed by atoms with Gasteiger partial charge in [0.25, 0.3) is 5.91 Å². The van der Waals surface area contributed by atoms with Crippen LogP contribution in [0.3, 0.4) is 0 Å². The molecular formula is C17H26ClN3O3. The Morgan fingerprint density at radius 3 is 2.67 bits per heavy atom. The van der Waals surface area contributed by atoms with Crippen LogP contribution in [0, 0.1) is 5.92 Å². The van der Waals surface area contributed by atoms with E-state index in [1.165, 1.54) is 0 Å². The van der Waals surface area contributed by atoms with Crippen LogP contribution in [0.25, 0.3) is 0 Å². The van der Waals surface area contributed by atoms with E-state index in [0.29, 0.717) is 30.4 Å². The number of nitrogens with one attached hydrogen (secondary N) is 2. The van der Waals surface area contributed by atoms with Crippen molar-refractivity contribution in [3.8, 4) is 5.75 Å². The van der Waals surface area contributed by atoms with Gasteiger partial charge in [0.2, 0.25) is 5.91 Å². The quantitative estimate of drug-likeness (QED) is 0.699. The Balaban J connectivity index is 0.00000288. The van der Waals surface area contributed by atoms with Gasteiger partial charge in [0, 0.05) is 6.42 Å². The van der Waals surface area contributed by atoms with E-state index in [1.54, 1.807) is 18.2 Å². The molecule has 2 rings (SSSR count). The number of primary amides is 1. The second kappa shape index (κ2) is 10.2. The first kappa shape index (κ1) is 20.3. The standard InChI is InChI=1S/C17H25N3O3.ClH/c1-2-23-13-4-5-15(14(11-13)17(18)22)20-16(21)6-3-12-7-9-19-10-8-12;/h4-5,11-12,19H,2-3,6-10H2,1H3,(H2,18,22)(H,20,21);1H. The first-order chi connectivity index (χ1) is 11.1. The Hall–Kier alpha value is -1.79. The fourth-order valence-electron chi connectivity index (χ4n) is 2.81. The minimum Gasteiger partial charge on any atom is -0.494 e. The normalized spacial score (nSPS) is 14.5. The second-order valence-corrected chi connectivity index (χ2v) is 5.78. The highest BCUT2D eigenvalue weighted by Gasteiger charge is 2.16. The van der Waals surface area contributed by atoms with Crippen molar-refractivity contribution in [1.82, 2.24) is 5.32 Å². The average molecular weight is 356 g/mol. The summed E-state index contributed by atoms with van der Waals surface area (Å²) in [5.41, 5.74) is 6.10. The van der Waals surface area contributed by atoms with Crippen LogP contribution in [0.2, 0.25) is 0 Å². The van der Waals surface area contributed by atoms with Crippen molar-refractivity contribution in [2.24, 2.45) is 11.7 Å². The Bertz CT molecular complexity index is 560. The van der Waals surface area contributed by atoms with Crippen LogP contribution in [0.4, 0.5) is 5.69 Å². The van der Waals surface area contributed by atoms with Crippen LogP contribution in [0.5, 0.6) is 5.75 Å². The number of carbonyl (C=O) groups excluding carboxylic acids is 2. The summed E-state index contributed by atoms with van der Waals surface area (Å²) in [6, 6.07) is 4.94. The van der Waals surface area contributed by atoms with E-state index < -0.39 is 5.91 Å². The molecule has 1 aliphatic rings.